The number of nitrogens with one attached hydrogen (secondary N) is 3. The number of aromatic nitrogens is 2. The number of nitrogens with two attached hydrogens (primary N) is 1. The largest absolute Gasteiger partial charge is 0.497 e. The van der Waals surface area contributed by atoms with E-state index in [1.54, 1.807) is 43.5 Å². The Bertz CT molecular complexity index is 1440. The number of carbonyl (C=O) groups excluding carboxylic acids is 2. The maximum atomic E-state index is 13.2. The number of methoxy groups -OCH3 is 1. The van der Waals surface area contributed by atoms with Crippen LogP contribution in [0.3, 0.4) is 0 Å². The van der Waals surface area contributed by atoms with Gasteiger partial charge in [-0.1, -0.05) is 35.3 Å². The van der Waals surface area contributed by atoms with E-state index in [1.807, 2.05) is 25.1 Å². The van der Waals surface area contributed by atoms with E-state index in [9.17, 15) is 9.59 Å². The molecule has 0 bridgehead atoms. The Morgan fingerprint density at radius 1 is 1.08 bits per heavy atom. The van der Waals surface area contributed by atoms with Crippen molar-refractivity contribution in [3.8, 4) is 5.75 Å². The normalized spacial score (nSPS) is 11.8. The fraction of sp³-hybridized carbons (Fsp3) is 0.192. The Kier molecular flexibility index (Phi) is 7.67. The van der Waals surface area contributed by atoms with Crippen molar-refractivity contribution in [2.75, 3.05) is 12.8 Å². The highest BCUT2D eigenvalue weighted by molar-refractivity contribution is 6.42. The van der Waals surface area contributed by atoms with Gasteiger partial charge in [-0.2, -0.15) is 0 Å². The van der Waals surface area contributed by atoms with Gasteiger partial charge < -0.3 is 26.1 Å². The van der Waals surface area contributed by atoms with Crippen molar-refractivity contribution in [1.29, 1.82) is 0 Å². The second-order valence-corrected chi connectivity index (χ2v) is 9.13. The molecule has 0 radical (unpaired) electrons. The molecule has 2 aromatic carbocycles. The van der Waals surface area contributed by atoms with Crippen molar-refractivity contribution in [1.82, 2.24) is 20.6 Å². The number of rotatable bonds is 8. The Morgan fingerprint density at radius 3 is 2.61 bits per heavy atom. The van der Waals surface area contributed by atoms with Gasteiger partial charge in [0.2, 0.25) is 5.91 Å². The van der Waals surface area contributed by atoms with Crippen LogP contribution >= 0.6 is 23.2 Å². The van der Waals surface area contributed by atoms with E-state index in [4.69, 9.17) is 33.7 Å². The zero-order chi connectivity index (χ0) is 25.8. The summed E-state index contributed by atoms with van der Waals surface area (Å²) in [6, 6.07) is 14.9. The standard InChI is InChI=1S/C26H25Cl2N5O3/c1-14-16(4-8-24(29)31-14)13-30-25(34)22(10-15-3-6-19(27)20(28)9-15)33-26(35)23-12-17-11-18(36-2)5-7-21(17)32-23/h3-9,11-12,22,32H,10,13H2,1-2H3,(H2,29,31)(H,30,34)(H,33,35)/t22-/m0/s1. The number of aryl methyl sites for hydroxylation is 1. The number of hydrogen-bond donors (Lipinski definition) is 4. The smallest absolute Gasteiger partial charge is 0.268 e. The lowest BCUT2D eigenvalue weighted by atomic mass is 10.0. The van der Waals surface area contributed by atoms with Gasteiger partial charge in [-0.3, -0.25) is 9.59 Å². The van der Waals surface area contributed by atoms with Gasteiger partial charge in [-0.05, 0) is 60.5 Å². The van der Waals surface area contributed by atoms with Crippen molar-refractivity contribution < 1.29 is 14.3 Å². The first-order valence-corrected chi connectivity index (χ1v) is 11.9. The maximum absolute atomic E-state index is 13.2. The average molecular weight is 526 g/mol. The summed E-state index contributed by atoms with van der Waals surface area (Å²) in [6.45, 7) is 2.05. The number of anilines is 1. The van der Waals surface area contributed by atoms with Crippen molar-refractivity contribution in [2.45, 2.75) is 25.9 Å². The molecule has 2 amide bonds. The molecule has 0 aliphatic heterocycles. The van der Waals surface area contributed by atoms with E-state index < -0.39 is 11.9 Å². The highest BCUT2D eigenvalue weighted by Gasteiger charge is 2.23. The second kappa shape index (κ2) is 10.9. The van der Waals surface area contributed by atoms with Crippen LogP contribution in [0.2, 0.25) is 10.0 Å². The second-order valence-electron chi connectivity index (χ2n) is 8.31. The van der Waals surface area contributed by atoms with Crippen LogP contribution in [0.1, 0.15) is 27.3 Å². The average Bonchev–Trinajstić information content (AvgIpc) is 3.28. The first-order chi connectivity index (χ1) is 17.2. The lowest BCUT2D eigenvalue weighted by molar-refractivity contribution is -0.123. The van der Waals surface area contributed by atoms with Crippen LogP contribution < -0.4 is 21.1 Å². The molecule has 2 heterocycles. The summed E-state index contributed by atoms with van der Waals surface area (Å²) < 4.78 is 5.25. The number of pyridine rings is 1. The zero-order valence-electron chi connectivity index (χ0n) is 19.7. The van der Waals surface area contributed by atoms with Crippen LogP contribution in [0.25, 0.3) is 10.9 Å². The minimum absolute atomic E-state index is 0.210. The van der Waals surface area contributed by atoms with E-state index in [-0.39, 0.29) is 18.9 Å². The predicted molar refractivity (Wildman–Crippen MR) is 142 cm³/mol. The van der Waals surface area contributed by atoms with Crippen molar-refractivity contribution in [2.24, 2.45) is 0 Å². The Hall–Kier alpha value is -3.75. The Morgan fingerprint density at radius 2 is 1.89 bits per heavy atom. The number of nitrogen functional groups attached to an aromatic ring is 1. The molecule has 0 saturated heterocycles. The molecule has 0 aliphatic rings. The third-order valence-corrected chi connectivity index (χ3v) is 6.53. The summed E-state index contributed by atoms with van der Waals surface area (Å²) in [5, 5.41) is 7.32. The first-order valence-electron chi connectivity index (χ1n) is 11.1. The molecular formula is C26H25Cl2N5O3. The lowest BCUT2D eigenvalue weighted by Gasteiger charge is -2.19. The number of ether oxygens (including phenoxy) is 1. The summed E-state index contributed by atoms with van der Waals surface area (Å²) in [5.74, 6) is 0.306. The molecule has 0 unspecified atom stereocenters. The van der Waals surface area contributed by atoms with Gasteiger partial charge in [0.05, 0.1) is 17.2 Å². The van der Waals surface area contributed by atoms with E-state index in [1.165, 1.54) is 0 Å². The number of halogens is 2. The summed E-state index contributed by atoms with van der Waals surface area (Å²) in [5.41, 5.74) is 9.10. The number of nitrogens with zero attached hydrogens (tertiary/aromatic N) is 1. The Labute approximate surface area is 218 Å². The molecule has 8 nitrogen and oxygen atoms in total. The third-order valence-electron chi connectivity index (χ3n) is 5.79. The quantitative estimate of drug-likeness (QED) is 0.271. The van der Waals surface area contributed by atoms with Crippen LogP contribution in [0.5, 0.6) is 5.75 Å². The van der Waals surface area contributed by atoms with Crippen molar-refractivity contribution in [3.05, 3.63) is 87.2 Å². The van der Waals surface area contributed by atoms with Crippen LogP contribution in [-0.2, 0) is 17.8 Å². The van der Waals surface area contributed by atoms with Gasteiger partial charge >= 0.3 is 0 Å². The number of H-pyrrole nitrogens is 1. The summed E-state index contributed by atoms with van der Waals surface area (Å²) in [7, 11) is 1.58. The molecule has 186 valence electrons. The highest BCUT2D eigenvalue weighted by Crippen LogP contribution is 2.24. The molecule has 2 aromatic heterocycles. The van der Waals surface area contributed by atoms with Gasteiger partial charge in [0.1, 0.15) is 23.3 Å². The molecule has 36 heavy (non-hydrogen) atoms. The van der Waals surface area contributed by atoms with Gasteiger partial charge in [0, 0.05) is 29.6 Å². The van der Waals surface area contributed by atoms with E-state index in [0.717, 1.165) is 22.0 Å². The monoisotopic (exact) mass is 525 g/mol. The van der Waals surface area contributed by atoms with Crippen LogP contribution in [0.4, 0.5) is 5.82 Å². The zero-order valence-corrected chi connectivity index (χ0v) is 21.2. The van der Waals surface area contributed by atoms with E-state index >= 15 is 0 Å². The third kappa shape index (κ3) is 5.90. The van der Waals surface area contributed by atoms with Crippen LogP contribution in [0.15, 0.2) is 54.6 Å². The fourth-order valence-electron chi connectivity index (χ4n) is 3.81. The number of carbonyl (C=O) groups is 2. The van der Waals surface area contributed by atoms with Crippen molar-refractivity contribution >= 4 is 51.7 Å². The number of fused-ring (bicyclic) bond motifs is 1. The molecule has 0 saturated carbocycles. The van der Waals surface area contributed by atoms with Crippen LogP contribution in [-0.4, -0.2) is 34.9 Å². The molecule has 10 heteroatoms. The van der Waals surface area contributed by atoms with E-state index in [2.05, 4.69) is 20.6 Å². The fourth-order valence-corrected chi connectivity index (χ4v) is 4.13. The molecule has 0 spiro atoms. The minimum atomic E-state index is -0.877. The number of benzene rings is 2. The summed E-state index contributed by atoms with van der Waals surface area (Å²) in [4.78, 5) is 33.7. The molecule has 4 aromatic rings. The van der Waals surface area contributed by atoms with Gasteiger partial charge in [-0.15, -0.1) is 0 Å². The van der Waals surface area contributed by atoms with E-state index in [0.29, 0.717) is 33.0 Å². The predicted octanol–water partition coefficient (Wildman–Crippen LogP) is 4.43. The van der Waals surface area contributed by atoms with Crippen LogP contribution in [0, 0.1) is 6.92 Å². The highest BCUT2D eigenvalue weighted by atomic mass is 35.5. The number of aromatic amines is 1. The number of hydrogen-bond acceptors (Lipinski definition) is 5. The van der Waals surface area contributed by atoms with Gasteiger partial charge in [-0.25, -0.2) is 4.98 Å². The first kappa shape index (κ1) is 25.3. The number of amides is 2. The topological polar surface area (TPSA) is 122 Å². The summed E-state index contributed by atoms with van der Waals surface area (Å²) >= 11 is 12.2. The maximum Gasteiger partial charge on any atom is 0.268 e. The molecule has 0 fully saturated rings. The molecule has 4 rings (SSSR count). The lowest BCUT2D eigenvalue weighted by Crippen LogP contribution is -2.48. The summed E-state index contributed by atoms with van der Waals surface area (Å²) in [6.07, 6.45) is 0.210. The molecule has 0 aliphatic carbocycles. The van der Waals surface area contributed by atoms with Crippen molar-refractivity contribution in [3.63, 3.8) is 0 Å². The minimum Gasteiger partial charge on any atom is -0.497 e. The molecule has 5 N–H and O–H groups in total. The Balaban J connectivity index is 1.55. The van der Waals surface area contributed by atoms with Gasteiger partial charge in [0.25, 0.3) is 5.91 Å². The molecule has 1 atom stereocenters. The SMILES string of the molecule is COc1ccc2[nH]c(C(=O)N[C@@H](Cc3ccc(Cl)c(Cl)c3)C(=O)NCc3ccc(N)nc3C)cc2c1. The molecular weight excluding hydrogens is 501 g/mol. The van der Waals surface area contributed by atoms with Gasteiger partial charge in [0.15, 0.2) is 0 Å².